The largest absolute Gasteiger partial charge is 0.395 e. The molecule has 0 spiro atoms. The zero-order chi connectivity index (χ0) is 13.1. The maximum Gasteiger partial charge on any atom is 0.272 e. The summed E-state index contributed by atoms with van der Waals surface area (Å²) < 4.78 is 6.48. The molecule has 0 fully saturated rings. The van der Waals surface area contributed by atoms with Crippen LogP contribution in [0, 0.1) is 6.92 Å². The van der Waals surface area contributed by atoms with E-state index in [1.807, 2.05) is 6.92 Å². The molecule has 0 bridgehead atoms. The molecule has 0 aliphatic carbocycles. The predicted molar refractivity (Wildman–Crippen MR) is 64.7 cm³/mol. The Kier molecular flexibility index (Phi) is 3.31. The number of nitrogens with one attached hydrogen (secondary N) is 1. The average Bonchev–Trinajstić information content (AvgIpc) is 2.96. The lowest BCUT2D eigenvalue weighted by molar-refractivity contribution is 0.0937. The Morgan fingerprint density at radius 2 is 2.39 bits per heavy atom. The van der Waals surface area contributed by atoms with E-state index in [4.69, 9.17) is 10.3 Å². The van der Waals surface area contributed by atoms with Crippen molar-refractivity contribution >= 4 is 11.6 Å². The molecule has 0 atom stereocenters. The van der Waals surface area contributed by atoms with Gasteiger partial charge < -0.3 is 15.6 Å². The van der Waals surface area contributed by atoms with Crippen LogP contribution in [0.2, 0.25) is 0 Å². The second-order valence-corrected chi connectivity index (χ2v) is 3.82. The van der Waals surface area contributed by atoms with Gasteiger partial charge in [-0.1, -0.05) is 5.16 Å². The maximum absolute atomic E-state index is 12.0. The van der Waals surface area contributed by atoms with Crippen LogP contribution in [-0.2, 0) is 13.1 Å². The molecule has 2 rings (SSSR count). The van der Waals surface area contributed by atoms with Gasteiger partial charge in [0.15, 0.2) is 5.76 Å². The molecule has 7 nitrogen and oxygen atoms in total. The Bertz CT molecular complexity index is 544. The molecule has 1 amide bonds. The van der Waals surface area contributed by atoms with Crippen LogP contribution in [0.15, 0.2) is 16.8 Å². The first-order chi connectivity index (χ1) is 8.63. The number of hydrogen-bond donors (Lipinski definition) is 2. The zero-order valence-corrected chi connectivity index (χ0v) is 10.3. The van der Waals surface area contributed by atoms with Crippen LogP contribution >= 0.6 is 0 Å². The highest BCUT2D eigenvalue weighted by Gasteiger charge is 2.18. The quantitative estimate of drug-likeness (QED) is 0.831. The third-order valence-corrected chi connectivity index (χ3v) is 2.60. The van der Waals surface area contributed by atoms with E-state index in [1.165, 1.54) is 6.20 Å². The molecule has 0 aliphatic rings. The first kappa shape index (κ1) is 12.2. The fraction of sp³-hybridized carbons (Fsp3) is 0.364. The summed E-state index contributed by atoms with van der Waals surface area (Å²) in [6.07, 6.45) is 1.52. The predicted octanol–water partition coefficient (Wildman–Crippen LogP) is 0.712. The molecule has 0 saturated carbocycles. The lowest BCUT2D eigenvalue weighted by Crippen LogP contribution is -2.26. The van der Waals surface area contributed by atoms with Gasteiger partial charge in [-0.3, -0.25) is 9.48 Å². The van der Waals surface area contributed by atoms with Crippen molar-refractivity contribution in [1.82, 2.24) is 20.3 Å². The topological polar surface area (TPSA) is 99.0 Å². The summed E-state index contributed by atoms with van der Waals surface area (Å²) in [6.45, 7) is 4.53. The second kappa shape index (κ2) is 4.91. The van der Waals surface area contributed by atoms with Gasteiger partial charge in [-0.2, -0.15) is 5.10 Å². The molecule has 0 aromatic carbocycles. The summed E-state index contributed by atoms with van der Waals surface area (Å²) in [6, 6.07) is 1.69. The fourth-order valence-electron chi connectivity index (χ4n) is 1.65. The van der Waals surface area contributed by atoms with Gasteiger partial charge >= 0.3 is 0 Å². The Labute approximate surface area is 104 Å². The van der Waals surface area contributed by atoms with E-state index in [2.05, 4.69) is 15.6 Å². The Balaban J connectivity index is 2.13. The molecule has 96 valence electrons. The molecule has 7 heteroatoms. The van der Waals surface area contributed by atoms with Crippen molar-refractivity contribution in [2.24, 2.45) is 0 Å². The summed E-state index contributed by atoms with van der Waals surface area (Å²) >= 11 is 0. The molecule has 2 heterocycles. The van der Waals surface area contributed by atoms with Crippen molar-refractivity contribution in [3.8, 4) is 0 Å². The smallest absolute Gasteiger partial charge is 0.272 e. The monoisotopic (exact) mass is 249 g/mol. The maximum atomic E-state index is 12.0. The van der Waals surface area contributed by atoms with Gasteiger partial charge in [0.1, 0.15) is 5.69 Å². The number of nitrogens with two attached hydrogens (primary N) is 1. The van der Waals surface area contributed by atoms with E-state index in [0.29, 0.717) is 29.4 Å². The third kappa shape index (κ3) is 2.20. The van der Waals surface area contributed by atoms with E-state index >= 15 is 0 Å². The van der Waals surface area contributed by atoms with Crippen LogP contribution in [0.25, 0.3) is 0 Å². The minimum Gasteiger partial charge on any atom is -0.395 e. The van der Waals surface area contributed by atoms with Crippen molar-refractivity contribution in [3.63, 3.8) is 0 Å². The van der Waals surface area contributed by atoms with E-state index in [1.54, 1.807) is 17.7 Å². The number of amides is 1. The second-order valence-electron chi connectivity index (χ2n) is 3.82. The van der Waals surface area contributed by atoms with Crippen LogP contribution in [-0.4, -0.2) is 20.8 Å². The molecule has 0 saturated heterocycles. The number of nitrogen functional groups attached to an aromatic ring is 1. The van der Waals surface area contributed by atoms with Crippen LogP contribution in [0.4, 0.5) is 5.69 Å². The van der Waals surface area contributed by atoms with Crippen molar-refractivity contribution in [3.05, 3.63) is 29.4 Å². The van der Waals surface area contributed by atoms with Crippen LogP contribution in [0.3, 0.4) is 0 Å². The van der Waals surface area contributed by atoms with Crippen LogP contribution in [0.1, 0.15) is 28.9 Å². The first-order valence-electron chi connectivity index (χ1n) is 5.64. The Morgan fingerprint density at radius 1 is 1.61 bits per heavy atom. The third-order valence-electron chi connectivity index (χ3n) is 2.60. The lowest BCUT2D eigenvalue weighted by Gasteiger charge is -2.06. The number of aryl methyl sites for hydroxylation is 2. The number of hydrogen-bond acceptors (Lipinski definition) is 5. The lowest BCUT2D eigenvalue weighted by atomic mass is 10.3. The van der Waals surface area contributed by atoms with E-state index < -0.39 is 0 Å². The standard InChI is InChI=1S/C11H15N5O2/c1-3-16-10(9(12)7(2)15-16)11(17)13-6-8-4-5-14-18-8/h4-5H,3,6,12H2,1-2H3,(H,13,17). The van der Waals surface area contributed by atoms with Crippen molar-refractivity contribution < 1.29 is 9.32 Å². The number of rotatable bonds is 4. The number of anilines is 1. The van der Waals surface area contributed by atoms with Gasteiger partial charge in [0, 0.05) is 12.6 Å². The molecule has 0 unspecified atom stereocenters. The highest BCUT2D eigenvalue weighted by molar-refractivity contribution is 5.97. The highest BCUT2D eigenvalue weighted by atomic mass is 16.5. The van der Waals surface area contributed by atoms with E-state index in [9.17, 15) is 4.79 Å². The minimum absolute atomic E-state index is 0.270. The normalized spacial score (nSPS) is 10.6. The molecule has 3 N–H and O–H groups in total. The molecule has 18 heavy (non-hydrogen) atoms. The van der Waals surface area contributed by atoms with Crippen molar-refractivity contribution in [1.29, 1.82) is 0 Å². The summed E-state index contributed by atoms with van der Waals surface area (Å²) in [5.74, 6) is 0.313. The summed E-state index contributed by atoms with van der Waals surface area (Å²) in [7, 11) is 0. The number of nitrogens with zero attached hydrogens (tertiary/aromatic N) is 3. The van der Waals surface area contributed by atoms with Crippen molar-refractivity contribution in [2.45, 2.75) is 26.9 Å². The van der Waals surface area contributed by atoms with Gasteiger partial charge in [0.2, 0.25) is 0 Å². The van der Waals surface area contributed by atoms with Crippen molar-refractivity contribution in [2.75, 3.05) is 5.73 Å². The molecule has 0 aliphatic heterocycles. The van der Waals surface area contributed by atoms with E-state index in [0.717, 1.165) is 0 Å². The molecule has 0 radical (unpaired) electrons. The van der Waals surface area contributed by atoms with Gasteiger partial charge in [0.25, 0.3) is 5.91 Å². The van der Waals surface area contributed by atoms with Gasteiger partial charge in [-0.05, 0) is 13.8 Å². The summed E-state index contributed by atoms with van der Waals surface area (Å²) in [4.78, 5) is 12.0. The first-order valence-corrected chi connectivity index (χ1v) is 5.64. The molecular weight excluding hydrogens is 234 g/mol. The fourth-order valence-corrected chi connectivity index (χ4v) is 1.65. The molecular formula is C11H15N5O2. The van der Waals surface area contributed by atoms with Gasteiger partial charge in [-0.15, -0.1) is 0 Å². The van der Waals surface area contributed by atoms with Gasteiger partial charge in [0.05, 0.1) is 24.1 Å². The zero-order valence-electron chi connectivity index (χ0n) is 10.3. The number of aromatic nitrogens is 3. The average molecular weight is 249 g/mol. The van der Waals surface area contributed by atoms with Crippen LogP contribution in [0.5, 0.6) is 0 Å². The van der Waals surface area contributed by atoms with Gasteiger partial charge in [-0.25, -0.2) is 0 Å². The van der Waals surface area contributed by atoms with Crippen LogP contribution < -0.4 is 11.1 Å². The SMILES string of the molecule is CCn1nc(C)c(N)c1C(=O)NCc1ccno1. The number of carbonyl (C=O) groups excluding carboxylic acids is 1. The highest BCUT2D eigenvalue weighted by Crippen LogP contribution is 2.16. The molecule has 2 aromatic rings. The van der Waals surface area contributed by atoms with E-state index in [-0.39, 0.29) is 12.5 Å². The number of carbonyl (C=O) groups is 1. The Hall–Kier alpha value is -2.31. The summed E-state index contributed by atoms with van der Waals surface area (Å²) in [5, 5.41) is 10.5. The Morgan fingerprint density at radius 3 is 3.00 bits per heavy atom. The minimum atomic E-state index is -0.272. The summed E-state index contributed by atoms with van der Waals surface area (Å²) in [5.41, 5.74) is 7.30. The molecule has 2 aromatic heterocycles.